The summed E-state index contributed by atoms with van der Waals surface area (Å²) in [5.74, 6) is 0. The van der Waals surface area contributed by atoms with Crippen LogP contribution in [0.15, 0.2) is 29.8 Å². The Morgan fingerprint density at radius 2 is 2.18 bits per heavy atom. The molecule has 0 bridgehead atoms. The predicted octanol–water partition coefficient (Wildman–Crippen LogP) is 2.66. The topological polar surface area (TPSA) is 54.6 Å². The largest absolute Gasteiger partial charge is 0.320 e. The molecule has 1 aromatic carbocycles. The molecule has 1 N–H and O–H groups in total. The SMILES string of the molecule is Br.N=c1sccn1Cc1cccc2nsnc12. The molecule has 0 radical (unpaired) electrons. The number of hydrogen-bond acceptors (Lipinski definition) is 5. The van der Waals surface area contributed by atoms with Crippen LogP contribution in [0.1, 0.15) is 5.56 Å². The highest BCUT2D eigenvalue weighted by molar-refractivity contribution is 8.93. The third kappa shape index (κ3) is 2.31. The molecule has 0 spiro atoms. The average molecular weight is 329 g/mol. The molecular formula is C10H9BrN4S2. The van der Waals surface area contributed by atoms with E-state index in [1.807, 2.05) is 34.3 Å². The van der Waals surface area contributed by atoms with Crippen LogP contribution in [0.4, 0.5) is 0 Å². The molecule has 17 heavy (non-hydrogen) atoms. The molecule has 2 heterocycles. The van der Waals surface area contributed by atoms with Gasteiger partial charge in [-0.3, -0.25) is 5.41 Å². The summed E-state index contributed by atoms with van der Waals surface area (Å²) in [6.45, 7) is 0.686. The van der Waals surface area contributed by atoms with E-state index in [0.717, 1.165) is 16.6 Å². The van der Waals surface area contributed by atoms with E-state index in [9.17, 15) is 0 Å². The van der Waals surface area contributed by atoms with Crippen molar-refractivity contribution in [2.24, 2.45) is 0 Å². The Kier molecular flexibility index (Phi) is 3.70. The fraction of sp³-hybridized carbons (Fsp3) is 0.100. The zero-order valence-electron chi connectivity index (χ0n) is 8.66. The minimum absolute atomic E-state index is 0. The van der Waals surface area contributed by atoms with Crippen LogP contribution >= 0.6 is 40.0 Å². The van der Waals surface area contributed by atoms with E-state index in [2.05, 4.69) is 8.75 Å². The normalized spacial score (nSPS) is 10.4. The molecule has 3 aromatic rings. The minimum Gasteiger partial charge on any atom is -0.320 e. The molecule has 0 aliphatic rings. The van der Waals surface area contributed by atoms with Gasteiger partial charge in [0.15, 0.2) is 4.80 Å². The first-order valence-corrected chi connectivity index (χ1v) is 6.34. The number of aromatic nitrogens is 3. The van der Waals surface area contributed by atoms with E-state index in [0.29, 0.717) is 11.3 Å². The van der Waals surface area contributed by atoms with Crippen LogP contribution in [-0.2, 0) is 6.54 Å². The van der Waals surface area contributed by atoms with E-state index >= 15 is 0 Å². The highest BCUT2D eigenvalue weighted by Crippen LogP contribution is 2.17. The average Bonchev–Trinajstić information content (AvgIpc) is 2.89. The van der Waals surface area contributed by atoms with Crippen LogP contribution in [0.25, 0.3) is 11.0 Å². The standard InChI is InChI=1S/C10H8N4S2.BrH/c11-10-14(4-5-15-10)6-7-2-1-3-8-9(7)13-16-12-8;/h1-5,11H,6H2;1H. The van der Waals surface area contributed by atoms with Gasteiger partial charge in [0.25, 0.3) is 0 Å². The van der Waals surface area contributed by atoms with Crippen molar-refractivity contribution in [2.45, 2.75) is 6.54 Å². The molecule has 0 saturated heterocycles. The van der Waals surface area contributed by atoms with Gasteiger partial charge in [-0.1, -0.05) is 12.1 Å². The number of hydrogen-bond donors (Lipinski definition) is 1. The van der Waals surface area contributed by atoms with Crippen molar-refractivity contribution < 1.29 is 0 Å². The second-order valence-electron chi connectivity index (χ2n) is 3.39. The lowest BCUT2D eigenvalue weighted by molar-refractivity contribution is 0.763. The van der Waals surface area contributed by atoms with Gasteiger partial charge in [0.1, 0.15) is 11.0 Å². The van der Waals surface area contributed by atoms with E-state index in [1.54, 1.807) is 0 Å². The summed E-state index contributed by atoms with van der Waals surface area (Å²) in [5, 5.41) is 9.64. The van der Waals surface area contributed by atoms with Crippen molar-refractivity contribution in [2.75, 3.05) is 0 Å². The third-order valence-corrected chi connectivity index (χ3v) is 3.65. The maximum Gasteiger partial charge on any atom is 0.182 e. The van der Waals surface area contributed by atoms with E-state index in [-0.39, 0.29) is 17.0 Å². The Labute approximate surface area is 116 Å². The van der Waals surface area contributed by atoms with Gasteiger partial charge in [-0.25, -0.2) is 0 Å². The summed E-state index contributed by atoms with van der Waals surface area (Å²) in [7, 11) is 0. The number of benzene rings is 1. The molecule has 7 heteroatoms. The fourth-order valence-corrected chi connectivity index (χ4v) is 2.77. The van der Waals surface area contributed by atoms with Crippen LogP contribution in [0.2, 0.25) is 0 Å². The van der Waals surface area contributed by atoms with Gasteiger partial charge in [-0.05, 0) is 6.07 Å². The number of fused-ring (bicyclic) bond motifs is 1. The number of halogens is 1. The Bertz CT molecular complexity index is 684. The highest BCUT2D eigenvalue weighted by Gasteiger charge is 2.05. The van der Waals surface area contributed by atoms with Crippen LogP contribution in [0.3, 0.4) is 0 Å². The Morgan fingerprint density at radius 1 is 1.29 bits per heavy atom. The van der Waals surface area contributed by atoms with Gasteiger partial charge in [-0.15, -0.1) is 28.3 Å². The third-order valence-electron chi connectivity index (χ3n) is 2.39. The fourth-order valence-electron chi connectivity index (χ4n) is 1.60. The zero-order valence-corrected chi connectivity index (χ0v) is 12.0. The monoisotopic (exact) mass is 328 g/mol. The van der Waals surface area contributed by atoms with Crippen molar-refractivity contribution in [3.05, 3.63) is 40.1 Å². The van der Waals surface area contributed by atoms with Crippen molar-refractivity contribution >= 4 is 51.1 Å². The van der Waals surface area contributed by atoms with Gasteiger partial charge < -0.3 is 4.57 Å². The maximum absolute atomic E-state index is 7.72. The lowest BCUT2D eigenvalue weighted by Crippen LogP contribution is -2.12. The molecule has 3 rings (SSSR count). The van der Waals surface area contributed by atoms with Gasteiger partial charge in [0.05, 0.1) is 18.3 Å². The molecule has 0 aliphatic heterocycles. The summed E-state index contributed by atoms with van der Waals surface area (Å²) in [6, 6.07) is 5.98. The summed E-state index contributed by atoms with van der Waals surface area (Å²) in [6.07, 6.45) is 1.92. The van der Waals surface area contributed by atoms with Gasteiger partial charge in [0.2, 0.25) is 0 Å². The van der Waals surface area contributed by atoms with Crippen molar-refractivity contribution in [1.82, 2.24) is 13.3 Å². The van der Waals surface area contributed by atoms with Crippen LogP contribution in [-0.4, -0.2) is 13.3 Å². The summed E-state index contributed by atoms with van der Waals surface area (Å²) in [4.78, 5) is 0.556. The molecule has 0 amide bonds. The van der Waals surface area contributed by atoms with Gasteiger partial charge >= 0.3 is 0 Å². The van der Waals surface area contributed by atoms with Crippen molar-refractivity contribution in [1.29, 1.82) is 5.41 Å². The molecule has 0 saturated carbocycles. The molecule has 2 aromatic heterocycles. The highest BCUT2D eigenvalue weighted by atomic mass is 79.9. The Hall–Kier alpha value is -1.05. The molecule has 0 aliphatic carbocycles. The second kappa shape index (κ2) is 5.07. The van der Waals surface area contributed by atoms with Crippen molar-refractivity contribution in [3.8, 4) is 0 Å². The van der Waals surface area contributed by atoms with Gasteiger partial charge in [0, 0.05) is 17.1 Å². The minimum atomic E-state index is 0. The summed E-state index contributed by atoms with van der Waals surface area (Å²) < 4.78 is 10.4. The number of nitrogens with one attached hydrogen (secondary N) is 1. The molecule has 0 unspecified atom stereocenters. The van der Waals surface area contributed by atoms with Crippen LogP contribution in [0, 0.1) is 5.41 Å². The smallest absolute Gasteiger partial charge is 0.182 e. The molecular weight excluding hydrogens is 320 g/mol. The molecule has 4 nitrogen and oxygen atoms in total. The Morgan fingerprint density at radius 3 is 2.94 bits per heavy atom. The second-order valence-corrected chi connectivity index (χ2v) is 4.81. The maximum atomic E-state index is 7.72. The van der Waals surface area contributed by atoms with Crippen LogP contribution < -0.4 is 4.80 Å². The zero-order chi connectivity index (χ0) is 11.0. The Balaban J connectivity index is 0.00000108. The molecule has 88 valence electrons. The van der Waals surface area contributed by atoms with E-state index < -0.39 is 0 Å². The number of nitrogens with zero attached hydrogens (tertiary/aromatic N) is 3. The predicted molar refractivity (Wildman–Crippen MR) is 75.0 cm³/mol. The first kappa shape index (κ1) is 12.4. The quantitative estimate of drug-likeness (QED) is 0.786. The lowest BCUT2D eigenvalue weighted by atomic mass is 10.2. The first-order chi connectivity index (χ1) is 7.84. The summed E-state index contributed by atoms with van der Waals surface area (Å²) >= 11 is 2.66. The lowest BCUT2D eigenvalue weighted by Gasteiger charge is -2.02. The van der Waals surface area contributed by atoms with Gasteiger partial charge in [-0.2, -0.15) is 8.75 Å². The number of thiazole rings is 1. The summed E-state index contributed by atoms with van der Waals surface area (Å²) in [5.41, 5.74) is 3.00. The van der Waals surface area contributed by atoms with Crippen LogP contribution in [0.5, 0.6) is 0 Å². The van der Waals surface area contributed by atoms with Crippen molar-refractivity contribution in [3.63, 3.8) is 0 Å². The molecule has 0 atom stereocenters. The number of rotatable bonds is 2. The van der Waals surface area contributed by atoms with E-state index in [1.165, 1.54) is 23.1 Å². The first-order valence-electron chi connectivity index (χ1n) is 4.73. The molecule has 0 fully saturated rings. The van der Waals surface area contributed by atoms with E-state index in [4.69, 9.17) is 5.41 Å².